The fourth-order valence-electron chi connectivity index (χ4n) is 2.82. The second-order valence-electron chi connectivity index (χ2n) is 6.09. The first-order valence-corrected chi connectivity index (χ1v) is 9.67. The Morgan fingerprint density at radius 2 is 1.85 bits per heavy atom. The molecule has 0 spiro atoms. The SMILES string of the molecule is Cc1nc(S[C@@H]2CC(=O)N(c3ccc(Br)cc3)C2=O)c(C#N)c(C)c1C. The monoisotopic (exact) mass is 429 g/mol. The number of halogens is 1. The van der Waals surface area contributed by atoms with Gasteiger partial charge in [0.1, 0.15) is 11.1 Å². The standard InChI is InChI=1S/C19H16BrN3O2S/c1-10-11(2)15(9-21)18(22-12(10)3)26-16-8-17(24)23(19(16)25)14-6-4-13(20)5-7-14/h4-7,16H,8H2,1-3H3/t16-/m1/s1. The maximum Gasteiger partial charge on any atom is 0.247 e. The third-order valence-electron chi connectivity index (χ3n) is 4.52. The Morgan fingerprint density at radius 1 is 1.19 bits per heavy atom. The highest BCUT2D eigenvalue weighted by molar-refractivity contribution is 9.10. The van der Waals surface area contributed by atoms with Crippen molar-refractivity contribution in [1.29, 1.82) is 5.26 Å². The third kappa shape index (κ3) is 3.27. The first-order valence-electron chi connectivity index (χ1n) is 8.00. The molecule has 0 N–H and O–H groups in total. The Balaban J connectivity index is 1.91. The van der Waals surface area contributed by atoms with Crippen LogP contribution in [0.25, 0.3) is 0 Å². The summed E-state index contributed by atoms with van der Waals surface area (Å²) < 4.78 is 0.875. The van der Waals surface area contributed by atoms with Crippen LogP contribution in [0.3, 0.4) is 0 Å². The Hall–Kier alpha value is -2.17. The fraction of sp³-hybridized carbons (Fsp3) is 0.263. The van der Waals surface area contributed by atoms with Crippen molar-refractivity contribution in [2.45, 2.75) is 37.5 Å². The molecular formula is C19H16BrN3O2S. The van der Waals surface area contributed by atoms with Crippen molar-refractivity contribution in [3.05, 3.63) is 51.1 Å². The molecule has 2 amide bonds. The van der Waals surface area contributed by atoms with Crippen LogP contribution in [0.2, 0.25) is 0 Å². The van der Waals surface area contributed by atoms with Crippen LogP contribution in [0, 0.1) is 32.1 Å². The number of carbonyl (C=O) groups is 2. The van der Waals surface area contributed by atoms with E-state index in [4.69, 9.17) is 0 Å². The zero-order valence-electron chi connectivity index (χ0n) is 14.5. The molecule has 3 rings (SSSR count). The van der Waals surface area contributed by atoms with E-state index in [1.165, 1.54) is 16.7 Å². The van der Waals surface area contributed by atoms with E-state index >= 15 is 0 Å². The summed E-state index contributed by atoms with van der Waals surface area (Å²) in [5.74, 6) is -0.516. The lowest BCUT2D eigenvalue weighted by atomic mass is 10.1. The number of aromatic nitrogens is 1. The molecule has 5 nitrogen and oxygen atoms in total. The second-order valence-corrected chi connectivity index (χ2v) is 8.20. The van der Waals surface area contributed by atoms with Gasteiger partial charge in [0, 0.05) is 16.6 Å². The van der Waals surface area contributed by atoms with Crippen LogP contribution in [0.15, 0.2) is 33.8 Å². The normalized spacial score (nSPS) is 16.9. The predicted octanol–water partition coefficient (Wildman–Crippen LogP) is 4.07. The van der Waals surface area contributed by atoms with Gasteiger partial charge in [-0.3, -0.25) is 9.59 Å². The van der Waals surface area contributed by atoms with E-state index in [0.717, 1.165) is 21.3 Å². The van der Waals surface area contributed by atoms with Crippen LogP contribution in [0.5, 0.6) is 0 Å². The van der Waals surface area contributed by atoms with Crippen molar-refractivity contribution < 1.29 is 9.59 Å². The van der Waals surface area contributed by atoms with E-state index in [1.807, 2.05) is 20.8 Å². The van der Waals surface area contributed by atoms with Crippen molar-refractivity contribution in [1.82, 2.24) is 4.98 Å². The molecule has 1 aromatic carbocycles. The van der Waals surface area contributed by atoms with E-state index in [-0.39, 0.29) is 18.2 Å². The summed E-state index contributed by atoms with van der Waals surface area (Å²) in [6.07, 6.45) is 0.0953. The van der Waals surface area contributed by atoms with Gasteiger partial charge in [0.05, 0.1) is 16.5 Å². The maximum atomic E-state index is 12.8. The smallest absolute Gasteiger partial charge is 0.247 e. The molecule has 0 radical (unpaired) electrons. The number of imide groups is 1. The maximum absolute atomic E-state index is 12.8. The van der Waals surface area contributed by atoms with Crippen LogP contribution < -0.4 is 4.90 Å². The Bertz CT molecular complexity index is 951. The van der Waals surface area contributed by atoms with Gasteiger partial charge in [-0.2, -0.15) is 5.26 Å². The zero-order chi connectivity index (χ0) is 19.0. The van der Waals surface area contributed by atoms with Crippen LogP contribution in [-0.2, 0) is 9.59 Å². The topological polar surface area (TPSA) is 74.1 Å². The molecule has 1 fully saturated rings. The van der Waals surface area contributed by atoms with Gasteiger partial charge in [0.2, 0.25) is 11.8 Å². The van der Waals surface area contributed by atoms with Crippen LogP contribution in [-0.4, -0.2) is 22.0 Å². The molecule has 2 heterocycles. The minimum Gasteiger partial charge on any atom is -0.274 e. The van der Waals surface area contributed by atoms with Gasteiger partial charge >= 0.3 is 0 Å². The largest absolute Gasteiger partial charge is 0.274 e. The van der Waals surface area contributed by atoms with Gasteiger partial charge in [-0.05, 0) is 56.2 Å². The first kappa shape index (κ1) is 18.6. The molecule has 0 aliphatic carbocycles. The molecule has 0 saturated carbocycles. The lowest BCUT2D eigenvalue weighted by molar-refractivity contribution is -0.121. The first-order chi connectivity index (χ1) is 12.3. The summed E-state index contributed by atoms with van der Waals surface area (Å²) in [7, 11) is 0. The van der Waals surface area contributed by atoms with Gasteiger partial charge in [0.15, 0.2) is 0 Å². The summed E-state index contributed by atoms with van der Waals surface area (Å²) in [5.41, 5.74) is 3.68. The average Bonchev–Trinajstić information content (AvgIpc) is 2.88. The van der Waals surface area contributed by atoms with Crippen molar-refractivity contribution >= 4 is 45.2 Å². The number of benzene rings is 1. The molecule has 1 atom stereocenters. The summed E-state index contributed by atoms with van der Waals surface area (Å²) in [6.45, 7) is 5.68. The second kappa shape index (κ2) is 7.22. The number of rotatable bonds is 3. The van der Waals surface area contributed by atoms with Gasteiger partial charge in [-0.1, -0.05) is 27.7 Å². The minimum atomic E-state index is -0.577. The van der Waals surface area contributed by atoms with Crippen LogP contribution >= 0.6 is 27.7 Å². The average molecular weight is 430 g/mol. The highest BCUT2D eigenvalue weighted by Gasteiger charge is 2.40. The van der Waals surface area contributed by atoms with Gasteiger partial charge in [-0.25, -0.2) is 9.88 Å². The molecule has 1 aliphatic rings. The molecule has 132 valence electrons. The van der Waals surface area contributed by atoms with Crippen molar-refractivity contribution in [3.63, 3.8) is 0 Å². The molecule has 7 heteroatoms. The highest BCUT2D eigenvalue weighted by Crippen LogP contribution is 2.36. The Labute approximate surface area is 164 Å². The van der Waals surface area contributed by atoms with Crippen molar-refractivity contribution in [2.75, 3.05) is 4.90 Å². The number of anilines is 1. The number of pyridine rings is 1. The Kier molecular flexibility index (Phi) is 5.17. The third-order valence-corrected chi connectivity index (χ3v) is 6.22. The van der Waals surface area contributed by atoms with E-state index in [1.54, 1.807) is 24.3 Å². The summed E-state index contributed by atoms with van der Waals surface area (Å²) in [4.78, 5) is 30.9. The molecule has 1 aromatic heterocycles. The van der Waals surface area contributed by atoms with E-state index in [0.29, 0.717) is 16.3 Å². The van der Waals surface area contributed by atoms with Gasteiger partial charge in [0.25, 0.3) is 0 Å². The number of hydrogen-bond acceptors (Lipinski definition) is 5. The summed E-state index contributed by atoms with van der Waals surface area (Å²) in [6, 6.07) is 9.22. The van der Waals surface area contributed by atoms with E-state index in [2.05, 4.69) is 27.0 Å². The molecule has 0 unspecified atom stereocenters. The lowest BCUT2D eigenvalue weighted by Crippen LogP contribution is -2.31. The van der Waals surface area contributed by atoms with Gasteiger partial charge < -0.3 is 0 Å². The van der Waals surface area contributed by atoms with Crippen molar-refractivity contribution in [2.24, 2.45) is 0 Å². The number of thioether (sulfide) groups is 1. The number of amides is 2. The summed E-state index contributed by atoms with van der Waals surface area (Å²) >= 11 is 4.54. The predicted molar refractivity (Wildman–Crippen MR) is 104 cm³/mol. The molecule has 26 heavy (non-hydrogen) atoms. The molecule has 1 aliphatic heterocycles. The lowest BCUT2D eigenvalue weighted by Gasteiger charge is -2.16. The number of carbonyl (C=O) groups excluding carboxylic acids is 2. The molecule has 1 saturated heterocycles. The van der Waals surface area contributed by atoms with Crippen LogP contribution in [0.1, 0.15) is 28.8 Å². The Morgan fingerprint density at radius 3 is 2.46 bits per heavy atom. The van der Waals surface area contributed by atoms with Gasteiger partial charge in [-0.15, -0.1) is 0 Å². The quantitative estimate of drug-likeness (QED) is 0.687. The highest BCUT2D eigenvalue weighted by atomic mass is 79.9. The molecule has 0 bridgehead atoms. The summed E-state index contributed by atoms with van der Waals surface area (Å²) in [5, 5.41) is 9.43. The van der Waals surface area contributed by atoms with E-state index in [9.17, 15) is 14.9 Å². The van der Waals surface area contributed by atoms with E-state index < -0.39 is 5.25 Å². The number of nitriles is 1. The van der Waals surface area contributed by atoms with Crippen LogP contribution in [0.4, 0.5) is 5.69 Å². The minimum absolute atomic E-state index is 0.0953. The molecular weight excluding hydrogens is 414 g/mol. The zero-order valence-corrected chi connectivity index (χ0v) is 16.9. The number of nitrogens with zero attached hydrogens (tertiary/aromatic N) is 3. The van der Waals surface area contributed by atoms with Crippen molar-refractivity contribution in [3.8, 4) is 6.07 Å². The fourth-order valence-corrected chi connectivity index (χ4v) is 4.29. The molecule has 2 aromatic rings. The number of hydrogen-bond donors (Lipinski definition) is 0. The number of aryl methyl sites for hydroxylation is 1.